The minimum atomic E-state index is -1.09. The summed E-state index contributed by atoms with van der Waals surface area (Å²) in [5, 5.41) is 8.96. The Bertz CT molecular complexity index is 316. The second-order valence-electron chi connectivity index (χ2n) is 4.37. The van der Waals surface area contributed by atoms with Crippen molar-refractivity contribution >= 4 is 21.3 Å². The van der Waals surface area contributed by atoms with E-state index < -0.39 is 18.1 Å². The van der Waals surface area contributed by atoms with Crippen molar-refractivity contribution in [2.45, 2.75) is 32.0 Å². The Labute approximate surface area is 102 Å². The van der Waals surface area contributed by atoms with Gasteiger partial charge in [0.1, 0.15) is 6.17 Å². The van der Waals surface area contributed by atoms with Crippen LogP contribution in [0.1, 0.15) is 19.8 Å². The first-order chi connectivity index (χ1) is 7.88. The SMILES string of the molecule is CC(=O)N(P)C(=O)N(C)C1CC(F)C(CO)C1. The van der Waals surface area contributed by atoms with Crippen molar-refractivity contribution in [1.29, 1.82) is 0 Å². The van der Waals surface area contributed by atoms with Gasteiger partial charge in [0.25, 0.3) is 0 Å². The molecular weight excluding hydrogens is 246 g/mol. The molecule has 7 heteroatoms. The molecule has 0 heterocycles. The fourth-order valence-electron chi connectivity index (χ4n) is 2.01. The van der Waals surface area contributed by atoms with Crippen LogP contribution in [-0.2, 0) is 4.79 Å². The highest BCUT2D eigenvalue weighted by atomic mass is 31.0. The van der Waals surface area contributed by atoms with Gasteiger partial charge in [-0.3, -0.25) is 4.79 Å². The van der Waals surface area contributed by atoms with Crippen LogP contribution in [0.3, 0.4) is 0 Å². The van der Waals surface area contributed by atoms with Gasteiger partial charge in [-0.15, -0.1) is 0 Å². The summed E-state index contributed by atoms with van der Waals surface area (Å²) in [4.78, 5) is 24.2. The van der Waals surface area contributed by atoms with Gasteiger partial charge in [-0.25, -0.2) is 13.9 Å². The molecule has 0 radical (unpaired) electrons. The fraction of sp³-hybridized carbons (Fsp3) is 0.800. The Kier molecular flexibility index (Phi) is 4.83. The number of imide groups is 1. The summed E-state index contributed by atoms with van der Waals surface area (Å²) in [6.45, 7) is 1.07. The highest BCUT2D eigenvalue weighted by Gasteiger charge is 2.38. The van der Waals surface area contributed by atoms with Crippen molar-refractivity contribution in [3.05, 3.63) is 0 Å². The summed E-state index contributed by atoms with van der Waals surface area (Å²) in [5.41, 5.74) is 0. The molecule has 1 saturated carbocycles. The third-order valence-corrected chi connectivity index (χ3v) is 3.80. The maximum absolute atomic E-state index is 13.4. The predicted molar refractivity (Wildman–Crippen MR) is 63.9 cm³/mol. The number of nitrogens with zero attached hydrogens (tertiary/aromatic N) is 2. The maximum atomic E-state index is 13.4. The lowest BCUT2D eigenvalue weighted by atomic mass is 10.1. The zero-order chi connectivity index (χ0) is 13.2. The first kappa shape index (κ1) is 14.3. The summed E-state index contributed by atoms with van der Waals surface area (Å²) in [6.07, 6.45) is -0.448. The molecule has 1 rings (SSSR count). The summed E-state index contributed by atoms with van der Waals surface area (Å²) < 4.78 is 14.4. The third-order valence-electron chi connectivity index (χ3n) is 3.21. The molecule has 1 aliphatic rings. The molecule has 17 heavy (non-hydrogen) atoms. The predicted octanol–water partition coefficient (Wildman–Crippen LogP) is 0.786. The maximum Gasteiger partial charge on any atom is 0.329 e. The topological polar surface area (TPSA) is 60.9 Å². The molecule has 4 atom stereocenters. The lowest BCUT2D eigenvalue weighted by Crippen LogP contribution is -2.43. The van der Waals surface area contributed by atoms with Crippen molar-refractivity contribution in [1.82, 2.24) is 9.57 Å². The van der Waals surface area contributed by atoms with E-state index in [1.165, 1.54) is 11.8 Å². The van der Waals surface area contributed by atoms with Gasteiger partial charge in [-0.1, -0.05) is 0 Å². The van der Waals surface area contributed by atoms with Gasteiger partial charge in [-0.05, 0) is 22.2 Å². The quantitative estimate of drug-likeness (QED) is 0.750. The molecule has 5 nitrogen and oxygen atoms in total. The van der Waals surface area contributed by atoms with Crippen molar-refractivity contribution in [3.63, 3.8) is 0 Å². The van der Waals surface area contributed by atoms with Gasteiger partial charge in [0.05, 0.1) is 0 Å². The zero-order valence-corrected chi connectivity index (χ0v) is 11.1. The van der Waals surface area contributed by atoms with Gasteiger partial charge in [0, 0.05) is 32.5 Å². The molecule has 3 amide bonds. The molecule has 1 aliphatic carbocycles. The lowest BCUT2D eigenvalue weighted by Gasteiger charge is -2.27. The number of urea groups is 1. The first-order valence-corrected chi connectivity index (χ1v) is 5.97. The fourth-order valence-corrected chi connectivity index (χ4v) is 2.19. The number of hydrogen-bond acceptors (Lipinski definition) is 3. The highest BCUT2D eigenvalue weighted by Crippen LogP contribution is 2.31. The molecule has 0 spiro atoms. The van der Waals surface area contributed by atoms with Crippen molar-refractivity contribution < 1.29 is 19.1 Å². The minimum Gasteiger partial charge on any atom is -0.396 e. The Morgan fingerprint density at radius 2 is 2.06 bits per heavy atom. The van der Waals surface area contributed by atoms with Crippen molar-refractivity contribution in [2.24, 2.45) is 5.92 Å². The Balaban J connectivity index is 2.63. The second kappa shape index (κ2) is 5.74. The molecule has 0 aromatic carbocycles. The van der Waals surface area contributed by atoms with Gasteiger partial charge in [0.15, 0.2) is 0 Å². The van der Waals surface area contributed by atoms with Crippen LogP contribution in [0, 0.1) is 5.92 Å². The summed E-state index contributed by atoms with van der Waals surface area (Å²) in [6, 6.07) is -0.740. The number of hydrogen-bond donors (Lipinski definition) is 1. The van der Waals surface area contributed by atoms with E-state index in [0.717, 1.165) is 4.67 Å². The van der Waals surface area contributed by atoms with Crippen molar-refractivity contribution in [3.8, 4) is 0 Å². The number of aliphatic hydroxyl groups excluding tert-OH is 1. The number of carbonyl (C=O) groups is 2. The van der Waals surface area contributed by atoms with Crippen LogP contribution < -0.4 is 0 Å². The molecule has 1 fully saturated rings. The molecular formula is C10H18FN2O3P. The van der Waals surface area contributed by atoms with E-state index in [0.29, 0.717) is 6.42 Å². The Hall–Kier alpha value is -0.740. The largest absolute Gasteiger partial charge is 0.396 e. The average Bonchev–Trinajstić information content (AvgIpc) is 2.67. The van der Waals surface area contributed by atoms with Crippen LogP contribution in [0.2, 0.25) is 0 Å². The van der Waals surface area contributed by atoms with Crippen LogP contribution >= 0.6 is 9.39 Å². The van der Waals surface area contributed by atoms with Crippen LogP contribution in [0.15, 0.2) is 0 Å². The number of amides is 3. The van der Waals surface area contributed by atoms with E-state index in [9.17, 15) is 14.0 Å². The number of carbonyl (C=O) groups excluding carboxylic acids is 2. The molecule has 98 valence electrons. The van der Waals surface area contributed by atoms with E-state index >= 15 is 0 Å². The first-order valence-electron chi connectivity index (χ1n) is 5.45. The van der Waals surface area contributed by atoms with Gasteiger partial charge in [-0.2, -0.15) is 0 Å². The van der Waals surface area contributed by atoms with Gasteiger partial charge in [0.2, 0.25) is 5.91 Å². The molecule has 4 unspecified atom stereocenters. The number of rotatable bonds is 2. The number of halogens is 1. The molecule has 0 aliphatic heterocycles. The average molecular weight is 264 g/mol. The standard InChI is InChI=1S/C10H18FN2O3P/c1-6(15)13(17)10(16)12(2)8-3-7(5-14)9(11)4-8/h7-9,14H,3-5,17H2,1-2H3. The Morgan fingerprint density at radius 3 is 2.47 bits per heavy atom. The normalized spacial score (nSPS) is 27.9. The highest BCUT2D eigenvalue weighted by molar-refractivity contribution is 7.16. The van der Waals surface area contributed by atoms with Crippen LogP contribution in [0.25, 0.3) is 0 Å². The van der Waals surface area contributed by atoms with Crippen LogP contribution in [0.4, 0.5) is 9.18 Å². The summed E-state index contributed by atoms with van der Waals surface area (Å²) in [7, 11) is 3.58. The van der Waals surface area contributed by atoms with E-state index in [-0.39, 0.29) is 25.0 Å². The second-order valence-corrected chi connectivity index (χ2v) is 4.88. The Morgan fingerprint density at radius 1 is 1.47 bits per heavy atom. The van der Waals surface area contributed by atoms with E-state index in [1.807, 2.05) is 9.39 Å². The molecule has 1 N–H and O–H groups in total. The summed E-state index contributed by atoms with van der Waals surface area (Å²) >= 11 is 0. The number of aliphatic hydroxyl groups is 1. The molecule has 0 bridgehead atoms. The minimum absolute atomic E-state index is 0.211. The zero-order valence-electron chi connectivity index (χ0n) is 9.97. The number of alkyl halides is 1. The van der Waals surface area contributed by atoms with Gasteiger partial charge < -0.3 is 10.0 Å². The molecule has 0 aromatic rings. The van der Waals surface area contributed by atoms with E-state index in [4.69, 9.17) is 5.11 Å². The smallest absolute Gasteiger partial charge is 0.329 e. The lowest BCUT2D eigenvalue weighted by molar-refractivity contribution is -0.122. The third kappa shape index (κ3) is 3.13. The summed E-state index contributed by atoms with van der Waals surface area (Å²) in [5.74, 6) is -0.800. The van der Waals surface area contributed by atoms with Gasteiger partial charge >= 0.3 is 6.03 Å². The van der Waals surface area contributed by atoms with Crippen LogP contribution in [0.5, 0.6) is 0 Å². The van der Waals surface area contributed by atoms with Crippen LogP contribution in [-0.4, -0.2) is 52.5 Å². The van der Waals surface area contributed by atoms with Crippen molar-refractivity contribution in [2.75, 3.05) is 13.7 Å². The van der Waals surface area contributed by atoms with E-state index in [1.54, 1.807) is 7.05 Å². The van der Waals surface area contributed by atoms with E-state index in [2.05, 4.69) is 0 Å². The molecule has 0 aromatic heterocycles. The monoisotopic (exact) mass is 264 g/mol. The molecule has 0 saturated heterocycles.